The maximum Gasteiger partial charge on any atom is 0.315 e. The van der Waals surface area contributed by atoms with Crippen LogP contribution < -0.4 is 10.6 Å². The molecular weight excluding hydrogens is 324 g/mol. The number of amides is 2. The number of aliphatic hydroxyl groups is 1. The Bertz CT molecular complexity index is 729. The first kappa shape index (κ1) is 16.8. The molecule has 2 aromatic rings. The van der Waals surface area contributed by atoms with Gasteiger partial charge in [0, 0.05) is 23.5 Å². The van der Waals surface area contributed by atoms with E-state index in [1.807, 2.05) is 42.5 Å². The van der Waals surface area contributed by atoms with Gasteiger partial charge in [0.25, 0.3) is 0 Å². The molecule has 0 aliphatic heterocycles. The van der Waals surface area contributed by atoms with Gasteiger partial charge in [-0.15, -0.1) is 0 Å². The van der Waals surface area contributed by atoms with Crippen molar-refractivity contribution >= 4 is 17.6 Å². The molecule has 126 valence electrons. The highest BCUT2D eigenvalue weighted by molar-refractivity contribution is 6.30. The van der Waals surface area contributed by atoms with E-state index >= 15 is 0 Å². The Kier molecular flexibility index (Phi) is 5.07. The molecule has 0 radical (unpaired) electrons. The number of carbonyl (C=O) groups excluding carboxylic acids is 1. The number of halogens is 1. The second-order valence-electron chi connectivity index (χ2n) is 6.25. The molecule has 2 aromatic carbocycles. The minimum Gasteiger partial charge on any atom is -0.392 e. The fourth-order valence-corrected chi connectivity index (χ4v) is 3.10. The Labute approximate surface area is 146 Å². The SMILES string of the molecule is O=C(NCc1ccccc1CO)NCC1(c2cccc(Cl)c2)CC1. The molecule has 0 spiro atoms. The number of hydrogen-bond acceptors (Lipinski definition) is 2. The predicted molar refractivity (Wildman–Crippen MR) is 95.0 cm³/mol. The van der Waals surface area contributed by atoms with Crippen molar-refractivity contribution in [1.29, 1.82) is 0 Å². The van der Waals surface area contributed by atoms with Crippen molar-refractivity contribution < 1.29 is 9.90 Å². The Morgan fingerprint density at radius 3 is 2.50 bits per heavy atom. The van der Waals surface area contributed by atoms with Crippen LogP contribution >= 0.6 is 11.6 Å². The zero-order valence-electron chi connectivity index (χ0n) is 13.4. The molecule has 1 aliphatic carbocycles. The van der Waals surface area contributed by atoms with Crippen LogP contribution in [0.2, 0.25) is 5.02 Å². The zero-order valence-corrected chi connectivity index (χ0v) is 14.1. The van der Waals surface area contributed by atoms with E-state index in [1.54, 1.807) is 0 Å². The predicted octanol–water partition coefficient (Wildman–Crippen LogP) is 3.36. The van der Waals surface area contributed by atoms with Crippen LogP contribution in [0.1, 0.15) is 29.5 Å². The lowest BCUT2D eigenvalue weighted by Crippen LogP contribution is -2.39. The lowest BCUT2D eigenvalue weighted by atomic mass is 9.96. The maximum atomic E-state index is 12.1. The van der Waals surface area contributed by atoms with Crippen LogP contribution in [0.25, 0.3) is 0 Å². The van der Waals surface area contributed by atoms with E-state index in [2.05, 4.69) is 16.7 Å². The fourth-order valence-electron chi connectivity index (χ4n) is 2.91. The molecule has 3 rings (SSSR count). The summed E-state index contributed by atoms with van der Waals surface area (Å²) in [6.45, 7) is 0.963. The van der Waals surface area contributed by atoms with Gasteiger partial charge in [0.2, 0.25) is 0 Å². The molecule has 1 saturated carbocycles. The molecule has 5 heteroatoms. The number of hydrogen-bond donors (Lipinski definition) is 3. The number of urea groups is 1. The Hall–Kier alpha value is -2.04. The van der Waals surface area contributed by atoms with Crippen molar-refractivity contribution in [3.05, 3.63) is 70.2 Å². The third-order valence-electron chi connectivity index (χ3n) is 4.61. The minimum atomic E-state index is -0.198. The minimum absolute atomic E-state index is 0.0191. The molecule has 2 amide bonds. The average molecular weight is 345 g/mol. The Morgan fingerprint density at radius 1 is 1.08 bits per heavy atom. The van der Waals surface area contributed by atoms with Crippen LogP contribution in [0.3, 0.4) is 0 Å². The van der Waals surface area contributed by atoms with Gasteiger partial charge in [-0.05, 0) is 41.7 Å². The van der Waals surface area contributed by atoms with E-state index in [-0.39, 0.29) is 18.1 Å². The molecule has 0 unspecified atom stereocenters. The molecule has 1 aliphatic rings. The second kappa shape index (κ2) is 7.24. The van der Waals surface area contributed by atoms with Crippen molar-refractivity contribution in [2.45, 2.75) is 31.4 Å². The van der Waals surface area contributed by atoms with Gasteiger partial charge in [-0.1, -0.05) is 48.0 Å². The van der Waals surface area contributed by atoms with Crippen molar-refractivity contribution in [1.82, 2.24) is 10.6 Å². The molecule has 0 atom stereocenters. The van der Waals surface area contributed by atoms with Gasteiger partial charge < -0.3 is 15.7 Å². The van der Waals surface area contributed by atoms with E-state index in [0.717, 1.165) is 29.0 Å². The topological polar surface area (TPSA) is 61.4 Å². The molecule has 1 fully saturated rings. The van der Waals surface area contributed by atoms with Crippen LogP contribution in [0, 0.1) is 0 Å². The maximum absolute atomic E-state index is 12.1. The average Bonchev–Trinajstić information content (AvgIpc) is 3.39. The molecule has 4 nitrogen and oxygen atoms in total. The third kappa shape index (κ3) is 3.89. The van der Waals surface area contributed by atoms with E-state index in [1.165, 1.54) is 5.56 Å². The van der Waals surface area contributed by atoms with Gasteiger partial charge >= 0.3 is 6.03 Å². The first-order valence-corrected chi connectivity index (χ1v) is 8.46. The van der Waals surface area contributed by atoms with Crippen molar-refractivity contribution in [2.75, 3.05) is 6.54 Å². The summed E-state index contributed by atoms with van der Waals surface area (Å²) >= 11 is 6.07. The lowest BCUT2D eigenvalue weighted by Gasteiger charge is -2.17. The summed E-state index contributed by atoms with van der Waals surface area (Å²) < 4.78 is 0. The van der Waals surface area contributed by atoms with Crippen molar-refractivity contribution in [3.8, 4) is 0 Å². The van der Waals surface area contributed by atoms with Crippen LogP contribution in [-0.4, -0.2) is 17.7 Å². The summed E-state index contributed by atoms with van der Waals surface area (Å²) in [6, 6.07) is 15.2. The normalized spacial score (nSPS) is 14.9. The molecule has 0 aromatic heterocycles. The number of nitrogens with one attached hydrogen (secondary N) is 2. The van der Waals surface area contributed by atoms with Gasteiger partial charge in [-0.3, -0.25) is 0 Å². The molecule has 0 bridgehead atoms. The highest BCUT2D eigenvalue weighted by atomic mass is 35.5. The second-order valence-corrected chi connectivity index (χ2v) is 6.69. The quantitative estimate of drug-likeness (QED) is 0.752. The van der Waals surface area contributed by atoms with E-state index in [4.69, 9.17) is 11.6 Å². The molecule has 0 saturated heterocycles. The lowest BCUT2D eigenvalue weighted by molar-refractivity contribution is 0.239. The van der Waals surface area contributed by atoms with Crippen molar-refractivity contribution in [3.63, 3.8) is 0 Å². The highest BCUT2D eigenvalue weighted by Gasteiger charge is 2.44. The van der Waals surface area contributed by atoms with Crippen molar-refractivity contribution in [2.24, 2.45) is 0 Å². The number of carbonyl (C=O) groups is 1. The van der Waals surface area contributed by atoms with Crippen LogP contribution in [0.15, 0.2) is 48.5 Å². The number of benzene rings is 2. The fraction of sp³-hybridized carbons (Fsp3) is 0.316. The first-order valence-electron chi connectivity index (χ1n) is 8.08. The summed E-state index contributed by atoms with van der Waals surface area (Å²) in [7, 11) is 0. The van der Waals surface area contributed by atoms with Gasteiger partial charge in [-0.2, -0.15) is 0 Å². The zero-order chi connectivity index (χ0) is 17.0. The summed E-state index contributed by atoms with van der Waals surface area (Å²) in [5.41, 5.74) is 2.95. The van der Waals surface area contributed by atoms with Crippen LogP contribution in [0.4, 0.5) is 4.79 Å². The standard InChI is InChI=1S/C19H21ClN2O2/c20-17-7-3-6-16(10-17)19(8-9-19)13-22-18(24)21-11-14-4-1-2-5-15(14)12-23/h1-7,10,23H,8-9,11-13H2,(H2,21,22,24). The van der Waals surface area contributed by atoms with Gasteiger partial charge in [-0.25, -0.2) is 4.79 Å². The number of aliphatic hydroxyl groups excluding tert-OH is 1. The Balaban J connectivity index is 1.53. The highest BCUT2D eigenvalue weighted by Crippen LogP contribution is 2.48. The van der Waals surface area contributed by atoms with Crippen LogP contribution in [0.5, 0.6) is 0 Å². The molecular formula is C19H21ClN2O2. The van der Waals surface area contributed by atoms with Gasteiger partial charge in [0.1, 0.15) is 0 Å². The van der Waals surface area contributed by atoms with E-state index < -0.39 is 0 Å². The Morgan fingerprint density at radius 2 is 1.83 bits per heavy atom. The third-order valence-corrected chi connectivity index (χ3v) is 4.84. The summed E-state index contributed by atoms with van der Waals surface area (Å²) in [5.74, 6) is 0. The summed E-state index contributed by atoms with van der Waals surface area (Å²) in [6.07, 6.45) is 2.11. The molecule has 3 N–H and O–H groups in total. The van der Waals surface area contributed by atoms with Gasteiger partial charge in [0.05, 0.1) is 6.61 Å². The molecule has 0 heterocycles. The summed E-state index contributed by atoms with van der Waals surface area (Å²) in [5, 5.41) is 15.8. The van der Waals surface area contributed by atoms with Gasteiger partial charge in [0.15, 0.2) is 0 Å². The first-order chi connectivity index (χ1) is 11.6. The van der Waals surface area contributed by atoms with Crippen LogP contribution in [-0.2, 0) is 18.6 Å². The smallest absolute Gasteiger partial charge is 0.315 e. The van der Waals surface area contributed by atoms with E-state index in [9.17, 15) is 9.90 Å². The largest absolute Gasteiger partial charge is 0.392 e. The molecule has 24 heavy (non-hydrogen) atoms. The summed E-state index contributed by atoms with van der Waals surface area (Å²) in [4.78, 5) is 12.1. The monoisotopic (exact) mass is 344 g/mol. The number of rotatable bonds is 6. The van der Waals surface area contributed by atoms with E-state index in [0.29, 0.717) is 13.1 Å².